The lowest BCUT2D eigenvalue weighted by Crippen LogP contribution is -2.63. The van der Waals surface area contributed by atoms with Crippen LogP contribution in [0.15, 0.2) is 30.3 Å². The van der Waals surface area contributed by atoms with E-state index in [0.717, 1.165) is 25.7 Å². The van der Waals surface area contributed by atoms with Crippen LogP contribution in [0.4, 0.5) is 0 Å². The van der Waals surface area contributed by atoms with Gasteiger partial charge >= 0.3 is 5.97 Å². The van der Waals surface area contributed by atoms with Gasteiger partial charge in [-0.2, -0.15) is 0 Å². The van der Waals surface area contributed by atoms with Crippen molar-refractivity contribution in [3.05, 3.63) is 35.9 Å². The average Bonchev–Trinajstić information content (AvgIpc) is 3.07. The summed E-state index contributed by atoms with van der Waals surface area (Å²) in [4.78, 5) is 13.5. The molecule has 5 N–H and O–H groups in total. The molecule has 12 nitrogen and oxygen atoms in total. The fourth-order valence-electron chi connectivity index (χ4n) is 7.98. The van der Waals surface area contributed by atoms with E-state index in [1.54, 1.807) is 37.3 Å². The lowest BCUT2D eigenvalue weighted by Gasteiger charge is -2.48. The smallest absolute Gasteiger partial charge is 0.338 e. The van der Waals surface area contributed by atoms with Gasteiger partial charge in [0.2, 0.25) is 0 Å². The van der Waals surface area contributed by atoms with E-state index in [4.69, 9.17) is 28.4 Å². The highest BCUT2D eigenvalue weighted by atomic mass is 16.7. The number of ether oxygens (including phenoxy) is 6. The molecule has 14 unspecified atom stereocenters. The first-order valence-corrected chi connectivity index (χ1v) is 17.8. The van der Waals surface area contributed by atoms with Crippen molar-refractivity contribution < 1.29 is 58.7 Å². The van der Waals surface area contributed by atoms with Gasteiger partial charge in [-0.1, -0.05) is 64.2 Å². The van der Waals surface area contributed by atoms with Gasteiger partial charge in [0, 0.05) is 0 Å². The van der Waals surface area contributed by atoms with Gasteiger partial charge in [-0.15, -0.1) is 0 Å². The predicted octanol–water partition coefficient (Wildman–Crippen LogP) is 2.70. The molecule has 2 saturated carbocycles. The molecule has 12 heteroatoms. The van der Waals surface area contributed by atoms with E-state index in [1.807, 2.05) is 13.8 Å². The largest absolute Gasteiger partial charge is 0.450 e. The molecule has 2 aliphatic carbocycles. The van der Waals surface area contributed by atoms with Crippen molar-refractivity contribution >= 4 is 5.97 Å². The number of esters is 1. The predicted molar refractivity (Wildman–Crippen MR) is 173 cm³/mol. The first kappa shape index (κ1) is 37.5. The molecule has 2 heterocycles. The van der Waals surface area contributed by atoms with Crippen molar-refractivity contribution in [3.8, 4) is 0 Å². The Balaban J connectivity index is 1.40. The molecule has 0 spiro atoms. The van der Waals surface area contributed by atoms with Gasteiger partial charge in [0.05, 0.1) is 36.6 Å². The Morgan fingerprint density at radius 2 is 1.54 bits per heavy atom. The molecular formula is C36H56O12. The number of aliphatic hydroxyl groups excluding tert-OH is 5. The summed E-state index contributed by atoms with van der Waals surface area (Å²) in [6.45, 7) is 7.11. The van der Waals surface area contributed by atoms with Crippen molar-refractivity contribution in [2.75, 3.05) is 6.61 Å². The second-order valence-electron chi connectivity index (χ2n) is 14.6. The molecular weight excluding hydrogens is 624 g/mol. The quantitative estimate of drug-likeness (QED) is 0.217. The molecule has 272 valence electrons. The van der Waals surface area contributed by atoms with Crippen LogP contribution in [0.5, 0.6) is 0 Å². The summed E-state index contributed by atoms with van der Waals surface area (Å²) in [6.07, 6.45) is -5.79. The summed E-state index contributed by atoms with van der Waals surface area (Å²) < 4.78 is 37.5. The number of carbonyl (C=O) groups is 1. The van der Waals surface area contributed by atoms with Gasteiger partial charge in [-0.3, -0.25) is 0 Å². The minimum atomic E-state index is -1.49. The van der Waals surface area contributed by atoms with Crippen LogP contribution in [0, 0.1) is 17.8 Å². The molecule has 0 radical (unpaired) electrons. The Kier molecular flexibility index (Phi) is 13.3. The van der Waals surface area contributed by atoms with Crippen molar-refractivity contribution in [3.63, 3.8) is 0 Å². The Bertz CT molecular complexity index is 1130. The highest BCUT2D eigenvalue weighted by molar-refractivity contribution is 5.89. The fraction of sp³-hybridized carbons (Fsp3) is 0.806. The lowest BCUT2D eigenvalue weighted by molar-refractivity contribution is -0.349. The van der Waals surface area contributed by atoms with E-state index in [1.165, 1.54) is 19.3 Å². The van der Waals surface area contributed by atoms with E-state index in [2.05, 4.69) is 6.92 Å². The number of carbonyl (C=O) groups excluding carboxylic acids is 1. The lowest BCUT2D eigenvalue weighted by atomic mass is 9.79. The molecule has 4 fully saturated rings. The maximum absolute atomic E-state index is 13.5. The normalized spacial score (nSPS) is 41.9. The van der Waals surface area contributed by atoms with Crippen LogP contribution in [0.1, 0.15) is 89.4 Å². The zero-order valence-electron chi connectivity index (χ0n) is 28.6. The van der Waals surface area contributed by atoms with E-state index in [9.17, 15) is 30.3 Å². The summed E-state index contributed by atoms with van der Waals surface area (Å²) in [5, 5.41) is 53.1. The summed E-state index contributed by atoms with van der Waals surface area (Å²) >= 11 is 0. The second kappa shape index (κ2) is 17.0. The second-order valence-corrected chi connectivity index (χ2v) is 14.6. The van der Waals surface area contributed by atoms with Gasteiger partial charge in [0.15, 0.2) is 18.7 Å². The van der Waals surface area contributed by atoms with Crippen LogP contribution in [0.25, 0.3) is 0 Å². The zero-order valence-corrected chi connectivity index (χ0v) is 28.6. The summed E-state index contributed by atoms with van der Waals surface area (Å²) in [5.74, 6) is -0.00683. The van der Waals surface area contributed by atoms with Gasteiger partial charge < -0.3 is 54.0 Å². The SMILES string of the molecule is CC1CC(C)C(OC2OC(C)C(O)C(O)C2O)C(OC2OC(CO)C(O)C(O[C@H](C)CC3CCCCC3)C2OC(=O)c2ccccc2)C1. The van der Waals surface area contributed by atoms with Crippen LogP contribution < -0.4 is 0 Å². The molecule has 15 atom stereocenters. The molecule has 0 bridgehead atoms. The Labute approximate surface area is 283 Å². The summed E-state index contributed by atoms with van der Waals surface area (Å²) in [5.41, 5.74) is 0.309. The third-order valence-electron chi connectivity index (χ3n) is 10.6. The minimum Gasteiger partial charge on any atom is -0.450 e. The van der Waals surface area contributed by atoms with Crippen molar-refractivity contribution in [1.82, 2.24) is 0 Å². The molecule has 2 aliphatic heterocycles. The molecule has 4 aliphatic rings. The number of hydrogen-bond acceptors (Lipinski definition) is 12. The summed E-state index contributed by atoms with van der Waals surface area (Å²) in [6, 6.07) is 8.51. The topological polar surface area (TPSA) is 174 Å². The average molecular weight is 681 g/mol. The van der Waals surface area contributed by atoms with Crippen LogP contribution in [-0.4, -0.2) is 118 Å². The standard InChI is InChI=1S/C36H56O12/c1-19-15-20(2)31(48-35-30(41)29(40)27(38)22(4)44-35)25(16-19)45-36-33(47-34(42)24-13-9-6-10-14-24)32(28(39)26(18-37)46-36)43-21(3)17-23-11-7-5-8-12-23/h6,9-10,13-14,19-23,25-33,35-41H,5,7-8,11-12,15-18H2,1-4H3/t19?,20?,21-,22?,25?,26?,27?,28?,29?,30?,31?,32?,33?,35?,36?/m1/s1. The van der Waals surface area contributed by atoms with Crippen molar-refractivity contribution in [2.24, 2.45) is 17.8 Å². The van der Waals surface area contributed by atoms with E-state index in [0.29, 0.717) is 17.9 Å². The van der Waals surface area contributed by atoms with E-state index < -0.39 is 86.2 Å². The molecule has 5 rings (SSSR count). The highest BCUT2D eigenvalue weighted by Gasteiger charge is 2.52. The molecule has 0 aromatic heterocycles. The number of benzene rings is 1. The molecule has 0 amide bonds. The first-order chi connectivity index (χ1) is 23.0. The van der Waals surface area contributed by atoms with Crippen molar-refractivity contribution in [1.29, 1.82) is 0 Å². The van der Waals surface area contributed by atoms with E-state index >= 15 is 0 Å². The number of rotatable bonds is 11. The minimum absolute atomic E-state index is 0.0791. The monoisotopic (exact) mass is 680 g/mol. The number of hydrogen-bond donors (Lipinski definition) is 5. The van der Waals surface area contributed by atoms with Gasteiger partial charge in [0.1, 0.15) is 36.6 Å². The van der Waals surface area contributed by atoms with Gasteiger partial charge in [0.25, 0.3) is 0 Å². The first-order valence-electron chi connectivity index (χ1n) is 17.8. The molecule has 48 heavy (non-hydrogen) atoms. The third-order valence-corrected chi connectivity index (χ3v) is 10.6. The fourth-order valence-corrected chi connectivity index (χ4v) is 7.98. The third kappa shape index (κ3) is 8.95. The van der Waals surface area contributed by atoms with Crippen LogP contribution in [0.3, 0.4) is 0 Å². The molecule has 1 aromatic rings. The molecule has 2 saturated heterocycles. The van der Waals surface area contributed by atoms with Crippen LogP contribution in [-0.2, 0) is 28.4 Å². The highest BCUT2D eigenvalue weighted by Crippen LogP contribution is 2.39. The maximum atomic E-state index is 13.5. The Morgan fingerprint density at radius 3 is 2.23 bits per heavy atom. The van der Waals surface area contributed by atoms with E-state index in [-0.39, 0.29) is 17.9 Å². The number of aliphatic hydroxyl groups is 5. The Hall–Kier alpha value is -1.71. The van der Waals surface area contributed by atoms with Crippen LogP contribution >= 0.6 is 0 Å². The van der Waals surface area contributed by atoms with Crippen molar-refractivity contribution in [2.45, 2.75) is 159 Å². The van der Waals surface area contributed by atoms with Crippen LogP contribution in [0.2, 0.25) is 0 Å². The Morgan fingerprint density at radius 1 is 0.833 bits per heavy atom. The summed E-state index contributed by atoms with van der Waals surface area (Å²) in [7, 11) is 0. The molecule has 1 aromatic carbocycles. The van der Waals surface area contributed by atoms with Gasteiger partial charge in [-0.25, -0.2) is 4.79 Å². The maximum Gasteiger partial charge on any atom is 0.338 e. The van der Waals surface area contributed by atoms with Gasteiger partial charge in [-0.05, 0) is 63.0 Å². The zero-order chi connectivity index (χ0) is 34.5.